The monoisotopic (exact) mass is 333 g/mol. The molecule has 2 aromatic carbocycles. The maximum absolute atomic E-state index is 4.37. The lowest BCUT2D eigenvalue weighted by Crippen LogP contribution is -2.43. The molecule has 1 aromatic heterocycles. The van der Waals surface area contributed by atoms with E-state index in [1.165, 1.54) is 27.9 Å². The minimum atomic E-state index is 0.949. The van der Waals surface area contributed by atoms with Crippen LogP contribution < -0.4 is 15.1 Å². The molecule has 1 N–H and O–H groups in total. The van der Waals surface area contributed by atoms with E-state index < -0.39 is 0 Å². The zero-order valence-corrected chi connectivity index (χ0v) is 14.7. The zero-order valence-electron chi connectivity index (χ0n) is 14.7. The third kappa shape index (κ3) is 3.15. The Labute approximate surface area is 148 Å². The van der Waals surface area contributed by atoms with Gasteiger partial charge in [0.15, 0.2) is 0 Å². The van der Waals surface area contributed by atoms with Crippen LogP contribution in [0, 0.1) is 0 Å². The summed E-state index contributed by atoms with van der Waals surface area (Å²) in [6.45, 7) is 4.06. The van der Waals surface area contributed by atoms with E-state index in [2.05, 4.69) is 81.9 Å². The number of hydrogen-bond donors (Lipinski definition) is 1. The lowest BCUT2D eigenvalue weighted by molar-refractivity contribution is 0.590. The van der Waals surface area contributed by atoms with Crippen molar-refractivity contribution in [3.8, 4) is 11.1 Å². The summed E-state index contributed by atoms with van der Waals surface area (Å²) in [7, 11) is 4.12. The van der Waals surface area contributed by atoms with E-state index >= 15 is 0 Å². The van der Waals surface area contributed by atoms with Crippen molar-refractivity contribution in [2.24, 2.45) is 0 Å². The van der Waals surface area contributed by atoms with Crippen molar-refractivity contribution in [3.05, 3.63) is 48.7 Å². The summed E-state index contributed by atoms with van der Waals surface area (Å²) < 4.78 is 0. The van der Waals surface area contributed by atoms with Crippen LogP contribution in [0.3, 0.4) is 0 Å². The quantitative estimate of drug-likeness (QED) is 0.798. The number of fused-ring (bicyclic) bond motifs is 1. The van der Waals surface area contributed by atoms with Gasteiger partial charge in [-0.25, -0.2) is 0 Å². The number of rotatable bonds is 3. The second-order valence-electron chi connectivity index (χ2n) is 6.64. The van der Waals surface area contributed by atoms with E-state index in [0.29, 0.717) is 0 Å². The van der Waals surface area contributed by atoms with E-state index in [0.717, 1.165) is 31.7 Å². The van der Waals surface area contributed by atoms with Gasteiger partial charge in [-0.15, -0.1) is 0 Å². The first-order valence-electron chi connectivity index (χ1n) is 8.71. The Hall–Kier alpha value is -2.66. The summed E-state index contributed by atoms with van der Waals surface area (Å²) in [4.78, 5) is 4.56. The molecule has 0 aliphatic carbocycles. The van der Waals surface area contributed by atoms with Crippen LogP contribution in [-0.2, 0) is 0 Å². The fraction of sp³-hybridized carbons (Fsp3) is 0.300. The van der Waals surface area contributed by atoms with E-state index in [9.17, 15) is 0 Å². The zero-order chi connectivity index (χ0) is 17.2. The summed E-state index contributed by atoms with van der Waals surface area (Å²) in [6.07, 6.45) is 1.78. The Morgan fingerprint density at radius 3 is 2.44 bits per heavy atom. The minimum absolute atomic E-state index is 0.949. The van der Waals surface area contributed by atoms with Gasteiger partial charge < -0.3 is 15.1 Å². The topological polar surface area (TPSA) is 44.3 Å². The fourth-order valence-corrected chi connectivity index (χ4v) is 3.37. The average molecular weight is 333 g/mol. The molecule has 1 saturated heterocycles. The molecule has 5 nitrogen and oxygen atoms in total. The maximum Gasteiger partial charge on any atom is 0.0956 e. The number of hydrogen-bond acceptors (Lipinski definition) is 5. The minimum Gasteiger partial charge on any atom is -0.378 e. The second kappa shape index (κ2) is 6.69. The average Bonchev–Trinajstić information content (AvgIpc) is 2.68. The molecule has 0 spiro atoms. The molecular weight excluding hydrogens is 310 g/mol. The van der Waals surface area contributed by atoms with Crippen molar-refractivity contribution in [3.63, 3.8) is 0 Å². The number of nitrogens with one attached hydrogen (secondary N) is 1. The highest BCUT2D eigenvalue weighted by Gasteiger charge is 2.15. The molecule has 4 rings (SSSR count). The Morgan fingerprint density at radius 1 is 0.960 bits per heavy atom. The molecule has 0 unspecified atom stereocenters. The molecule has 1 aliphatic rings. The van der Waals surface area contributed by atoms with Gasteiger partial charge in [-0.3, -0.25) is 0 Å². The molecule has 0 bridgehead atoms. The number of aromatic nitrogens is 2. The molecule has 0 atom stereocenters. The number of piperazine rings is 1. The molecule has 25 heavy (non-hydrogen) atoms. The van der Waals surface area contributed by atoms with Crippen LogP contribution in [0.2, 0.25) is 0 Å². The summed E-state index contributed by atoms with van der Waals surface area (Å²) in [5, 5.41) is 13.0. The van der Waals surface area contributed by atoms with Gasteiger partial charge in [0.05, 0.1) is 11.7 Å². The van der Waals surface area contributed by atoms with E-state index in [-0.39, 0.29) is 0 Å². The van der Waals surface area contributed by atoms with Crippen molar-refractivity contribution in [2.75, 3.05) is 50.1 Å². The first-order valence-corrected chi connectivity index (χ1v) is 8.71. The molecule has 0 radical (unpaired) electrons. The van der Waals surface area contributed by atoms with Crippen molar-refractivity contribution in [1.82, 2.24) is 15.5 Å². The third-order valence-corrected chi connectivity index (χ3v) is 4.78. The summed E-state index contributed by atoms with van der Waals surface area (Å²) >= 11 is 0. The Kier molecular flexibility index (Phi) is 4.24. The molecule has 0 amide bonds. The molecule has 2 heterocycles. The van der Waals surface area contributed by atoms with Crippen molar-refractivity contribution < 1.29 is 0 Å². The predicted octanol–water partition coefficient (Wildman–Crippen LogP) is 2.77. The van der Waals surface area contributed by atoms with Crippen LogP contribution in [0.15, 0.2) is 48.7 Å². The Bertz CT molecular complexity index is 867. The summed E-state index contributed by atoms with van der Waals surface area (Å²) in [5.74, 6) is 0. The smallest absolute Gasteiger partial charge is 0.0956 e. The van der Waals surface area contributed by atoms with Crippen LogP contribution in [0.4, 0.5) is 11.4 Å². The second-order valence-corrected chi connectivity index (χ2v) is 6.64. The van der Waals surface area contributed by atoms with Crippen molar-refractivity contribution in [2.45, 2.75) is 0 Å². The van der Waals surface area contributed by atoms with Crippen LogP contribution >= 0.6 is 0 Å². The van der Waals surface area contributed by atoms with Gasteiger partial charge in [-0.05, 0) is 41.5 Å². The third-order valence-electron chi connectivity index (χ3n) is 4.78. The SMILES string of the molecule is CN(C)c1ccc(-c2cc(N3CCNCC3)c3ccnnc3c2)cc1. The van der Waals surface area contributed by atoms with Crippen molar-refractivity contribution >= 4 is 22.3 Å². The Morgan fingerprint density at radius 2 is 1.72 bits per heavy atom. The molecule has 5 heteroatoms. The lowest BCUT2D eigenvalue weighted by atomic mass is 10.0. The predicted molar refractivity (Wildman–Crippen MR) is 104 cm³/mol. The summed E-state index contributed by atoms with van der Waals surface area (Å²) in [6, 6.07) is 15.2. The van der Waals surface area contributed by atoms with Gasteiger partial charge in [0.25, 0.3) is 0 Å². The first-order chi connectivity index (χ1) is 12.2. The standard InChI is InChI=1S/C20H23N5/c1-24(2)17-5-3-15(4-6-17)16-13-19-18(7-8-22-23-19)20(14-16)25-11-9-21-10-12-25/h3-8,13-14,21H,9-12H2,1-2H3. The van der Waals surface area contributed by atoms with Gasteiger partial charge in [-0.1, -0.05) is 12.1 Å². The number of anilines is 2. The first kappa shape index (κ1) is 15.8. The highest BCUT2D eigenvalue weighted by Crippen LogP contribution is 2.33. The van der Waals surface area contributed by atoms with E-state index in [4.69, 9.17) is 0 Å². The Balaban J connectivity index is 1.81. The van der Waals surface area contributed by atoms with Crippen LogP contribution in [-0.4, -0.2) is 50.5 Å². The highest BCUT2D eigenvalue weighted by atomic mass is 15.2. The van der Waals surface area contributed by atoms with E-state index in [1.54, 1.807) is 6.20 Å². The lowest BCUT2D eigenvalue weighted by Gasteiger charge is -2.30. The molecule has 0 saturated carbocycles. The fourth-order valence-electron chi connectivity index (χ4n) is 3.37. The van der Waals surface area contributed by atoms with Gasteiger partial charge in [-0.2, -0.15) is 10.2 Å². The molecule has 1 fully saturated rings. The van der Waals surface area contributed by atoms with Crippen molar-refractivity contribution in [1.29, 1.82) is 0 Å². The number of nitrogens with zero attached hydrogens (tertiary/aromatic N) is 4. The molecule has 128 valence electrons. The van der Waals surface area contributed by atoms with Crippen LogP contribution in [0.1, 0.15) is 0 Å². The van der Waals surface area contributed by atoms with Gasteiger partial charge in [0.2, 0.25) is 0 Å². The molecule has 3 aromatic rings. The van der Waals surface area contributed by atoms with E-state index in [1.807, 2.05) is 0 Å². The maximum atomic E-state index is 4.37. The van der Waals surface area contributed by atoms with Crippen LogP contribution in [0.5, 0.6) is 0 Å². The normalized spacial score (nSPS) is 14.7. The van der Waals surface area contributed by atoms with Gasteiger partial charge in [0.1, 0.15) is 0 Å². The molecular formula is C20H23N5. The highest BCUT2D eigenvalue weighted by molar-refractivity contribution is 5.95. The van der Waals surface area contributed by atoms with Crippen LogP contribution in [0.25, 0.3) is 22.0 Å². The number of benzene rings is 2. The van der Waals surface area contributed by atoms with Gasteiger partial charge in [0, 0.05) is 57.0 Å². The molecule has 1 aliphatic heterocycles. The largest absolute Gasteiger partial charge is 0.378 e. The van der Waals surface area contributed by atoms with Gasteiger partial charge >= 0.3 is 0 Å². The summed E-state index contributed by atoms with van der Waals surface area (Å²) in [5.41, 5.74) is 5.79.